The number of nitrogens with two attached hydrogens (primary N) is 1. The molecule has 10 heteroatoms. The van der Waals surface area contributed by atoms with E-state index in [1.165, 1.54) is 6.07 Å². The molecule has 3 rings (SSSR count). The predicted octanol–water partition coefficient (Wildman–Crippen LogP) is 2.25. The van der Waals surface area contributed by atoms with Gasteiger partial charge >= 0.3 is 0 Å². The number of hydrogen-bond donors (Lipinski definition) is 1. The Morgan fingerprint density at radius 1 is 1.15 bits per heavy atom. The van der Waals surface area contributed by atoms with E-state index in [0.717, 1.165) is 5.69 Å². The van der Waals surface area contributed by atoms with Gasteiger partial charge in [0.05, 0.1) is 10.6 Å². The number of nitrogens with zero attached hydrogens (tertiary/aromatic N) is 4. The van der Waals surface area contributed by atoms with Crippen LogP contribution < -0.4 is 10.6 Å². The zero-order valence-corrected chi connectivity index (χ0v) is 16.1. The van der Waals surface area contributed by atoms with E-state index >= 15 is 0 Å². The van der Waals surface area contributed by atoms with E-state index in [2.05, 4.69) is 9.88 Å². The van der Waals surface area contributed by atoms with Crippen LogP contribution in [0, 0.1) is 10.1 Å². The van der Waals surface area contributed by atoms with Crippen LogP contribution in [0.3, 0.4) is 0 Å². The minimum atomic E-state index is -0.401. The lowest BCUT2D eigenvalue weighted by Gasteiger charge is -2.36. The van der Waals surface area contributed by atoms with Crippen LogP contribution in [0.25, 0.3) is 0 Å². The van der Waals surface area contributed by atoms with Crippen molar-refractivity contribution in [2.24, 2.45) is 5.73 Å². The van der Waals surface area contributed by atoms with Crippen molar-refractivity contribution >= 4 is 42.1 Å². The van der Waals surface area contributed by atoms with Crippen LogP contribution in [0.5, 0.6) is 0 Å². The summed E-state index contributed by atoms with van der Waals surface area (Å²) in [6, 6.07) is 9.97. The first-order valence-electron chi connectivity index (χ1n) is 8.02. The Morgan fingerprint density at radius 3 is 2.48 bits per heavy atom. The first-order valence-corrected chi connectivity index (χ1v) is 8.02. The number of non-ortho nitro benzene ring substituents is 1. The molecule has 0 bridgehead atoms. The SMILES string of the molecule is Cl.Cl.NCc1cc(C(=O)N2CCN(c3cccc([N+](=O)[O-])c3)CC2)ccn1. The van der Waals surface area contributed by atoms with Crippen LogP contribution in [-0.4, -0.2) is 46.9 Å². The molecule has 1 amide bonds. The van der Waals surface area contributed by atoms with Gasteiger partial charge in [-0.25, -0.2) is 0 Å². The van der Waals surface area contributed by atoms with Crippen molar-refractivity contribution < 1.29 is 9.72 Å². The van der Waals surface area contributed by atoms with Crippen LogP contribution in [0.4, 0.5) is 11.4 Å². The first-order chi connectivity index (χ1) is 12.1. The van der Waals surface area contributed by atoms with E-state index in [-0.39, 0.29) is 36.4 Å². The number of carbonyl (C=O) groups is 1. The van der Waals surface area contributed by atoms with Crippen molar-refractivity contribution in [3.63, 3.8) is 0 Å². The molecule has 1 fully saturated rings. The number of rotatable bonds is 4. The average molecular weight is 414 g/mol. The molecule has 2 heterocycles. The van der Waals surface area contributed by atoms with E-state index in [1.807, 2.05) is 6.07 Å². The summed E-state index contributed by atoms with van der Waals surface area (Å²) in [5.41, 5.74) is 7.71. The number of amides is 1. The van der Waals surface area contributed by atoms with Crippen molar-refractivity contribution in [1.82, 2.24) is 9.88 Å². The summed E-state index contributed by atoms with van der Waals surface area (Å²) in [7, 11) is 0. The number of benzene rings is 1. The zero-order valence-electron chi connectivity index (χ0n) is 14.5. The summed E-state index contributed by atoms with van der Waals surface area (Å²) < 4.78 is 0. The van der Waals surface area contributed by atoms with E-state index in [0.29, 0.717) is 44.0 Å². The minimum Gasteiger partial charge on any atom is -0.368 e. The highest BCUT2D eigenvalue weighted by Crippen LogP contribution is 2.22. The fourth-order valence-electron chi connectivity index (χ4n) is 2.88. The Morgan fingerprint density at radius 2 is 1.85 bits per heavy atom. The lowest BCUT2D eigenvalue weighted by atomic mass is 10.1. The van der Waals surface area contributed by atoms with Crippen molar-refractivity contribution in [2.45, 2.75) is 6.54 Å². The highest BCUT2D eigenvalue weighted by atomic mass is 35.5. The van der Waals surface area contributed by atoms with Gasteiger partial charge in [0.1, 0.15) is 0 Å². The summed E-state index contributed by atoms with van der Waals surface area (Å²) in [6.07, 6.45) is 1.59. The molecule has 1 aliphatic heterocycles. The molecule has 2 aromatic rings. The van der Waals surface area contributed by atoms with Crippen molar-refractivity contribution in [3.8, 4) is 0 Å². The maximum atomic E-state index is 12.6. The van der Waals surface area contributed by atoms with Gasteiger partial charge in [-0.05, 0) is 18.2 Å². The number of nitro benzene ring substituents is 1. The molecular weight excluding hydrogens is 393 g/mol. The third-order valence-corrected chi connectivity index (χ3v) is 4.25. The molecule has 0 unspecified atom stereocenters. The van der Waals surface area contributed by atoms with Gasteiger partial charge in [-0.2, -0.15) is 0 Å². The second-order valence-corrected chi connectivity index (χ2v) is 5.80. The van der Waals surface area contributed by atoms with Crippen LogP contribution >= 0.6 is 24.8 Å². The van der Waals surface area contributed by atoms with Gasteiger partial charge in [-0.3, -0.25) is 19.9 Å². The van der Waals surface area contributed by atoms with Gasteiger partial charge in [0, 0.05) is 62.3 Å². The second-order valence-electron chi connectivity index (χ2n) is 5.80. The van der Waals surface area contributed by atoms with Crippen molar-refractivity contribution in [1.29, 1.82) is 0 Å². The van der Waals surface area contributed by atoms with Gasteiger partial charge in [0.15, 0.2) is 0 Å². The number of pyridine rings is 1. The molecule has 27 heavy (non-hydrogen) atoms. The minimum absolute atomic E-state index is 0. The molecule has 1 saturated heterocycles. The molecule has 8 nitrogen and oxygen atoms in total. The third kappa shape index (κ3) is 5.29. The molecule has 0 radical (unpaired) electrons. The molecule has 1 aromatic heterocycles. The molecule has 0 saturated carbocycles. The number of carbonyl (C=O) groups excluding carboxylic acids is 1. The van der Waals surface area contributed by atoms with E-state index < -0.39 is 4.92 Å². The highest BCUT2D eigenvalue weighted by Gasteiger charge is 2.23. The number of nitro groups is 1. The predicted molar refractivity (Wildman–Crippen MR) is 108 cm³/mol. The highest BCUT2D eigenvalue weighted by molar-refractivity contribution is 5.94. The Bertz CT molecular complexity index is 798. The summed E-state index contributed by atoms with van der Waals surface area (Å²) >= 11 is 0. The molecule has 146 valence electrons. The Hall–Kier alpha value is -2.42. The molecule has 0 spiro atoms. The zero-order chi connectivity index (χ0) is 17.8. The number of piperazine rings is 1. The molecule has 1 aromatic carbocycles. The summed E-state index contributed by atoms with van der Waals surface area (Å²) in [6.45, 7) is 2.66. The topological polar surface area (TPSA) is 106 Å². The number of halogens is 2. The maximum absolute atomic E-state index is 12.6. The maximum Gasteiger partial charge on any atom is 0.271 e. The van der Waals surface area contributed by atoms with Crippen LogP contribution in [0.1, 0.15) is 16.1 Å². The lowest BCUT2D eigenvalue weighted by molar-refractivity contribution is -0.384. The van der Waals surface area contributed by atoms with Gasteiger partial charge < -0.3 is 15.5 Å². The standard InChI is InChI=1S/C17H19N5O3.2ClH/c18-12-14-10-13(4-5-19-14)17(23)21-8-6-20(7-9-21)15-2-1-3-16(11-15)22(24)25;;/h1-5,10-11H,6-9,12,18H2;2*1H. The number of anilines is 1. The largest absolute Gasteiger partial charge is 0.368 e. The monoisotopic (exact) mass is 413 g/mol. The number of hydrogen-bond acceptors (Lipinski definition) is 6. The fourth-order valence-corrected chi connectivity index (χ4v) is 2.88. The quantitative estimate of drug-likeness (QED) is 0.608. The second kappa shape index (κ2) is 10.1. The number of aromatic nitrogens is 1. The molecule has 2 N–H and O–H groups in total. The summed E-state index contributed by atoms with van der Waals surface area (Å²) in [5, 5.41) is 10.9. The first kappa shape index (κ1) is 22.6. The van der Waals surface area contributed by atoms with Crippen molar-refractivity contribution in [2.75, 3.05) is 31.1 Å². The summed E-state index contributed by atoms with van der Waals surface area (Å²) in [5.74, 6) is -0.0456. The van der Waals surface area contributed by atoms with E-state index in [4.69, 9.17) is 5.73 Å². The summed E-state index contributed by atoms with van der Waals surface area (Å²) in [4.78, 5) is 31.0. The molecule has 0 atom stereocenters. The van der Waals surface area contributed by atoms with Crippen LogP contribution in [-0.2, 0) is 6.54 Å². The van der Waals surface area contributed by atoms with E-state index in [1.54, 1.807) is 35.4 Å². The smallest absolute Gasteiger partial charge is 0.271 e. The van der Waals surface area contributed by atoms with Gasteiger partial charge in [0.2, 0.25) is 0 Å². The Labute approximate surface area is 169 Å². The fraction of sp³-hybridized carbons (Fsp3) is 0.294. The van der Waals surface area contributed by atoms with Gasteiger partial charge in [-0.15, -0.1) is 24.8 Å². The molecule has 1 aliphatic rings. The normalized spacial score (nSPS) is 13.4. The Kier molecular flexibility index (Phi) is 8.42. The van der Waals surface area contributed by atoms with Gasteiger partial charge in [0.25, 0.3) is 11.6 Å². The van der Waals surface area contributed by atoms with Crippen LogP contribution in [0.2, 0.25) is 0 Å². The third-order valence-electron chi connectivity index (χ3n) is 4.25. The van der Waals surface area contributed by atoms with Gasteiger partial charge in [-0.1, -0.05) is 6.07 Å². The van der Waals surface area contributed by atoms with Crippen molar-refractivity contribution in [3.05, 3.63) is 64.0 Å². The lowest BCUT2D eigenvalue weighted by Crippen LogP contribution is -2.48. The Balaban J connectivity index is 0.00000182. The average Bonchev–Trinajstić information content (AvgIpc) is 2.67. The molecular formula is C17H21Cl2N5O3. The van der Waals surface area contributed by atoms with Crippen LogP contribution in [0.15, 0.2) is 42.6 Å². The molecule has 0 aliphatic carbocycles. The van der Waals surface area contributed by atoms with E-state index in [9.17, 15) is 14.9 Å².